The van der Waals surface area contributed by atoms with Gasteiger partial charge in [0, 0.05) is 32.0 Å². The second-order valence-corrected chi connectivity index (χ2v) is 9.58. The Balaban J connectivity index is 2.42. The van der Waals surface area contributed by atoms with E-state index in [2.05, 4.69) is 20.8 Å². The van der Waals surface area contributed by atoms with Crippen LogP contribution in [0.5, 0.6) is 0 Å². The lowest BCUT2D eigenvalue weighted by Crippen LogP contribution is -2.65. The smallest absolute Gasteiger partial charge is 0.301 e. The van der Waals surface area contributed by atoms with Gasteiger partial charge in [0.2, 0.25) is 0 Å². The zero-order valence-corrected chi connectivity index (χ0v) is 22.8. The second-order valence-electron chi connectivity index (χ2n) is 9.58. The molecule has 5 atom stereocenters. The third-order valence-electron chi connectivity index (χ3n) is 6.50. The van der Waals surface area contributed by atoms with Crippen molar-refractivity contribution in [1.82, 2.24) is 0 Å². The Morgan fingerprint density at radius 1 is 0.694 bits per heavy atom. The minimum absolute atomic E-state index is 0.0950. The Morgan fingerprint density at radius 3 is 1.75 bits per heavy atom. The van der Waals surface area contributed by atoms with Crippen LogP contribution >= 0.6 is 0 Å². The van der Waals surface area contributed by atoms with Crippen molar-refractivity contribution in [3.8, 4) is 0 Å². The van der Waals surface area contributed by atoms with Crippen LogP contribution in [0.15, 0.2) is 30.3 Å². The van der Waals surface area contributed by atoms with Gasteiger partial charge in [0.05, 0.1) is 6.61 Å². The first-order chi connectivity index (χ1) is 17.5. The van der Waals surface area contributed by atoms with Gasteiger partial charge in [-0.1, -0.05) is 83.7 Å². The van der Waals surface area contributed by atoms with Crippen molar-refractivity contribution >= 4 is 0 Å². The lowest BCUT2D eigenvalue weighted by molar-refractivity contribution is -0.308. The fraction of sp³-hybridized carbons (Fsp3) is 0.793. The fourth-order valence-corrected chi connectivity index (χ4v) is 4.28. The van der Waals surface area contributed by atoms with Crippen molar-refractivity contribution < 1.29 is 32.5 Å². The molecule has 1 aromatic rings. The maximum atomic E-state index is 16.1. The first kappa shape index (κ1) is 31.1. The van der Waals surface area contributed by atoms with Crippen LogP contribution in [0.1, 0.15) is 84.6 Å². The van der Waals surface area contributed by atoms with Gasteiger partial charge < -0.3 is 23.7 Å². The van der Waals surface area contributed by atoms with Gasteiger partial charge in [0.15, 0.2) is 6.10 Å². The molecule has 5 nitrogen and oxygen atoms in total. The van der Waals surface area contributed by atoms with Gasteiger partial charge in [-0.25, -0.2) is 0 Å². The Labute approximate surface area is 217 Å². The molecule has 1 heterocycles. The average Bonchev–Trinajstić information content (AvgIpc) is 2.89. The molecule has 0 unspecified atom stereocenters. The summed E-state index contributed by atoms with van der Waals surface area (Å²) in [6, 6.07) is 7.85. The number of alkyl halides is 2. The third-order valence-corrected chi connectivity index (χ3v) is 6.50. The molecule has 0 saturated carbocycles. The molecular weight excluding hydrogens is 466 g/mol. The number of rotatable bonds is 19. The summed E-state index contributed by atoms with van der Waals surface area (Å²) in [5.74, 6) is -3.28. The molecule has 0 radical (unpaired) electrons. The monoisotopic (exact) mass is 514 g/mol. The second kappa shape index (κ2) is 17.4. The van der Waals surface area contributed by atoms with Crippen LogP contribution in [0.3, 0.4) is 0 Å². The van der Waals surface area contributed by atoms with E-state index in [0.717, 1.165) is 51.4 Å². The number of unbranched alkanes of at least 4 members (excludes halogenated alkanes) is 4. The van der Waals surface area contributed by atoms with E-state index in [9.17, 15) is 0 Å². The summed E-state index contributed by atoms with van der Waals surface area (Å²) in [6.45, 7) is 10.3. The van der Waals surface area contributed by atoms with Gasteiger partial charge >= 0.3 is 5.92 Å². The van der Waals surface area contributed by atoms with Crippen molar-refractivity contribution in [3.63, 3.8) is 0 Å². The van der Waals surface area contributed by atoms with Crippen LogP contribution in [-0.4, -0.2) is 63.6 Å². The molecule has 0 amide bonds. The van der Waals surface area contributed by atoms with Crippen molar-refractivity contribution in [1.29, 1.82) is 0 Å². The topological polar surface area (TPSA) is 46.2 Å². The SMILES string of the molecule is CCCCOC[C@H]1O[C@@H](C(F)(F)c2ccccc2)[C@H](OCCCC)[C@@H](OCCCC)[C@@H]1OCCCC. The van der Waals surface area contributed by atoms with E-state index >= 15 is 8.78 Å². The van der Waals surface area contributed by atoms with E-state index in [0.29, 0.717) is 26.4 Å². The molecule has 1 aliphatic rings. The molecule has 1 aromatic carbocycles. The summed E-state index contributed by atoms with van der Waals surface area (Å²) < 4.78 is 63.0. The summed E-state index contributed by atoms with van der Waals surface area (Å²) in [5, 5.41) is 0. The number of hydrogen-bond donors (Lipinski definition) is 0. The first-order valence-electron chi connectivity index (χ1n) is 14.0. The van der Waals surface area contributed by atoms with Gasteiger partial charge in [-0.3, -0.25) is 0 Å². The Kier molecular flexibility index (Phi) is 15.0. The van der Waals surface area contributed by atoms with Crippen molar-refractivity contribution in [3.05, 3.63) is 35.9 Å². The van der Waals surface area contributed by atoms with Gasteiger partial charge in [-0.2, -0.15) is 8.78 Å². The van der Waals surface area contributed by atoms with E-state index in [1.165, 1.54) is 12.1 Å². The molecule has 0 aromatic heterocycles. The van der Waals surface area contributed by atoms with E-state index in [1.807, 2.05) is 6.92 Å². The summed E-state index contributed by atoms with van der Waals surface area (Å²) in [5.41, 5.74) is -0.0950. The van der Waals surface area contributed by atoms with Crippen LogP contribution in [0.25, 0.3) is 0 Å². The van der Waals surface area contributed by atoms with E-state index in [1.54, 1.807) is 18.2 Å². The third kappa shape index (κ3) is 9.32. The highest BCUT2D eigenvalue weighted by Crippen LogP contribution is 2.42. The van der Waals surface area contributed by atoms with E-state index in [-0.39, 0.29) is 12.2 Å². The van der Waals surface area contributed by atoms with Gasteiger partial charge in [0.25, 0.3) is 0 Å². The number of ether oxygens (including phenoxy) is 5. The molecule has 1 fully saturated rings. The highest BCUT2D eigenvalue weighted by atomic mass is 19.3. The predicted molar refractivity (Wildman–Crippen MR) is 139 cm³/mol. The molecular formula is C29H48F2O5. The molecule has 0 N–H and O–H groups in total. The van der Waals surface area contributed by atoms with Crippen LogP contribution in [0.2, 0.25) is 0 Å². The van der Waals surface area contributed by atoms with Gasteiger partial charge in [-0.05, 0) is 25.7 Å². The molecule has 1 aliphatic heterocycles. The number of benzene rings is 1. The molecule has 7 heteroatoms. The lowest BCUT2D eigenvalue weighted by Gasteiger charge is -2.48. The molecule has 0 bridgehead atoms. The minimum Gasteiger partial charge on any atom is -0.379 e. The highest BCUT2D eigenvalue weighted by Gasteiger charge is 2.57. The van der Waals surface area contributed by atoms with Crippen molar-refractivity contribution in [2.45, 2.75) is 116 Å². The molecule has 0 spiro atoms. The average molecular weight is 515 g/mol. The van der Waals surface area contributed by atoms with Crippen molar-refractivity contribution in [2.24, 2.45) is 0 Å². The van der Waals surface area contributed by atoms with Crippen LogP contribution < -0.4 is 0 Å². The Bertz CT molecular complexity index is 675. The Hall–Kier alpha value is -1.12. The standard InChI is InChI=1S/C29H48F2O5/c1-5-9-18-32-22-24-25(33-19-10-6-2)26(34-20-11-7-3)27(35-21-12-8-4)28(36-24)29(30,31)23-16-14-13-15-17-23/h13-17,24-28H,5-12,18-22H2,1-4H3/t24-,25-,26+,27-,28-/m1/s1. The molecule has 0 aliphatic carbocycles. The molecule has 2 rings (SSSR count). The highest BCUT2D eigenvalue weighted by molar-refractivity contribution is 5.23. The predicted octanol–water partition coefficient (Wildman–Crippen LogP) is 6.92. The van der Waals surface area contributed by atoms with Crippen molar-refractivity contribution in [2.75, 3.05) is 33.0 Å². The number of halogens is 2. The largest absolute Gasteiger partial charge is 0.379 e. The summed E-state index contributed by atoms with van der Waals surface area (Å²) in [7, 11) is 0. The van der Waals surface area contributed by atoms with Crippen LogP contribution in [-0.2, 0) is 29.6 Å². The fourth-order valence-electron chi connectivity index (χ4n) is 4.28. The minimum atomic E-state index is -3.28. The molecule has 36 heavy (non-hydrogen) atoms. The van der Waals surface area contributed by atoms with E-state index < -0.39 is 36.4 Å². The maximum absolute atomic E-state index is 16.1. The van der Waals surface area contributed by atoms with Gasteiger partial charge in [0.1, 0.15) is 24.4 Å². The lowest BCUT2D eigenvalue weighted by atomic mass is 9.88. The number of hydrogen-bond acceptors (Lipinski definition) is 5. The first-order valence-corrected chi connectivity index (χ1v) is 14.0. The van der Waals surface area contributed by atoms with E-state index in [4.69, 9.17) is 23.7 Å². The zero-order valence-electron chi connectivity index (χ0n) is 22.8. The zero-order chi connectivity index (χ0) is 26.2. The maximum Gasteiger partial charge on any atom is 0.301 e. The Morgan fingerprint density at radius 2 is 1.19 bits per heavy atom. The molecule has 208 valence electrons. The summed E-state index contributed by atoms with van der Waals surface area (Å²) >= 11 is 0. The quantitative estimate of drug-likeness (QED) is 0.188. The summed E-state index contributed by atoms with van der Waals surface area (Å²) in [4.78, 5) is 0. The van der Waals surface area contributed by atoms with Crippen LogP contribution in [0.4, 0.5) is 8.78 Å². The molecule has 1 saturated heterocycles. The van der Waals surface area contributed by atoms with Crippen LogP contribution in [0, 0.1) is 0 Å². The normalized spacial score (nSPS) is 24.8. The van der Waals surface area contributed by atoms with Gasteiger partial charge in [-0.15, -0.1) is 0 Å². The summed E-state index contributed by atoms with van der Waals surface area (Å²) in [6.07, 6.45) is 2.77.